The Kier molecular flexibility index (Phi) is 6.32. The number of carbonyl (C=O) groups excluding carboxylic acids is 1. The average molecular weight is 312 g/mol. The van der Waals surface area contributed by atoms with Crippen LogP contribution in [-0.4, -0.2) is 35.0 Å². The molecule has 2 rings (SSSR count). The van der Waals surface area contributed by atoms with Crippen molar-refractivity contribution in [2.45, 2.75) is 25.9 Å². The van der Waals surface area contributed by atoms with Gasteiger partial charge in [0, 0.05) is 24.3 Å². The molecule has 122 valence electrons. The van der Waals surface area contributed by atoms with Crippen LogP contribution in [0.5, 0.6) is 0 Å². The lowest BCUT2D eigenvalue weighted by atomic mass is 9.99. The van der Waals surface area contributed by atoms with E-state index in [0.717, 1.165) is 5.56 Å². The van der Waals surface area contributed by atoms with Gasteiger partial charge in [0.15, 0.2) is 5.78 Å². The number of carbonyl (C=O) groups is 1. The van der Waals surface area contributed by atoms with Crippen LogP contribution in [0.4, 0.5) is 5.69 Å². The van der Waals surface area contributed by atoms with Crippen LogP contribution in [0.2, 0.25) is 0 Å². The standard InChI is InChI=1S/C19H24N2O2/c1-2-18(19(23)16-8-10-17(20)11-9-16)21(12-13-22)14-15-6-4-3-5-7-15/h3-11,18,22H,2,12-14,20H2,1H3. The number of nitrogens with two attached hydrogens (primary N) is 1. The van der Waals surface area contributed by atoms with Crippen molar-refractivity contribution < 1.29 is 9.90 Å². The van der Waals surface area contributed by atoms with E-state index in [1.54, 1.807) is 24.3 Å². The lowest BCUT2D eigenvalue weighted by Gasteiger charge is -2.29. The summed E-state index contributed by atoms with van der Waals surface area (Å²) in [5.41, 5.74) is 8.12. The topological polar surface area (TPSA) is 66.6 Å². The summed E-state index contributed by atoms with van der Waals surface area (Å²) in [6, 6.07) is 16.8. The molecule has 0 aliphatic carbocycles. The van der Waals surface area contributed by atoms with Crippen LogP contribution in [0, 0.1) is 0 Å². The Balaban J connectivity index is 2.19. The van der Waals surface area contributed by atoms with Crippen molar-refractivity contribution in [1.82, 2.24) is 4.90 Å². The van der Waals surface area contributed by atoms with E-state index >= 15 is 0 Å². The molecule has 4 heteroatoms. The molecule has 0 aromatic heterocycles. The second-order valence-corrected chi connectivity index (χ2v) is 5.59. The zero-order valence-electron chi connectivity index (χ0n) is 13.5. The van der Waals surface area contributed by atoms with Gasteiger partial charge in [0.05, 0.1) is 12.6 Å². The van der Waals surface area contributed by atoms with Gasteiger partial charge < -0.3 is 10.8 Å². The molecule has 0 aliphatic heterocycles. The molecule has 0 saturated heterocycles. The third-order valence-corrected chi connectivity index (χ3v) is 3.94. The van der Waals surface area contributed by atoms with Gasteiger partial charge in [-0.3, -0.25) is 9.69 Å². The second-order valence-electron chi connectivity index (χ2n) is 5.59. The van der Waals surface area contributed by atoms with Gasteiger partial charge in [0.1, 0.15) is 0 Å². The Hall–Kier alpha value is -2.17. The highest BCUT2D eigenvalue weighted by molar-refractivity contribution is 6.00. The van der Waals surface area contributed by atoms with Crippen LogP contribution in [-0.2, 0) is 6.54 Å². The minimum Gasteiger partial charge on any atom is -0.399 e. The van der Waals surface area contributed by atoms with E-state index in [1.807, 2.05) is 42.2 Å². The minimum atomic E-state index is -0.258. The summed E-state index contributed by atoms with van der Waals surface area (Å²) in [6.45, 7) is 3.13. The lowest BCUT2D eigenvalue weighted by molar-refractivity contribution is 0.0761. The summed E-state index contributed by atoms with van der Waals surface area (Å²) in [6.07, 6.45) is 0.691. The van der Waals surface area contributed by atoms with Gasteiger partial charge in [-0.05, 0) is 36.2 Å². The minimum absolute atomic E-state index is 0.0261. The van der Waals surface area contributed by atoms with Crippen LogP contribution < -0.4 is 5.73 Å². The number of aliphatic hydroxyl groups excluding tert-OH is 1. The highest BCUT2D eigenvalue weighted by Gasteiger charge is 2.25. The summed E-state index contributed by atoms with van der Waals surface area (Å²) < 4.78 is 0. The molecule has 2 aromatic carbocycles. The monoisotopic (exact) mass is 312 g/mol. The number of rotatable bonds is 8. The average Bonchev–Trinajstić information content (AvgIpc) is 2.57. The summed E-state index contributed by atoms with van der Waals surface area (Å²) in [5, 5.41) is 9.38. The first-order valence-electron chi connectivity index (χ1n) is 7.94. The van der Waals surface area contributed by atoms with Crippen molar-refractivity contribution in [3.8, 4) is 0 Å². The van der Waals surface area contributed by atoms with Gasteiger partial charge in [-0.2, -0.15) is 0 Å². The normalized spacial score (nSPS) is 12.3. The van der Waals surface area contributed by atoms with Crippen LogP contribution in [0.3, 0.4) is 0 Å². The number of hydrogen-bond acceptors (Lipinski definition) is 4. The molecule has 3 N–H and O–H groups in total. The first-order valence-corrected chi connectivity index (χ1v) is 7.94. The van der Waals surface area contributed by atoms with E-state index in [4.69, 9.17) is 5.73 Å². The first kappa shape index (κ1) is 17.2. The number of hydrogen-bond donors (Lipinski definition) is 2. The molecule has 0 spiro atoms. The van der Waals surface area contributed by atoms with Gasteiger partial charge in [-0.15, -0.1) is 0 Å². The van der Waals surface area contributed by atoms with Crippen molar-refractivity contribution in [2.24, 2.45) is 0 Å². The highest BCUT2D eigenvalue weighted by Crippen LogP contribution is 2.17. The van der Waals surface area contributed by atoms with Crippen molar-refractivity contribution in [2.75, 3.05) is 18.9 Å². The fourth-order valence-electron chi connectivity index (χ4n) is 2.74. The van der Waals surface area contributed by atoms with Gasteiger partial charge in [-0.25, -0.2) is 0 Å². The lowest BCUT2D eigenvalue weighted by Crippen LogP contribution is -2.42. The van der Waals surface area contributed by atoms with Crippen molar-refractivity contribution >= 4 is 11.5 Å². The maximum absolute atomic E-state index is 12.8. The predicted octanol–water partition coefficient (Wildman–Crippen LogP) is 2.72. The van der Waals surface area contributed by atoms with Crippen molar-refractivity contribution in [3.63, 3.8) is 0 Å². The molecule has 0 aliphatic rings. The van der Waals surface area contributed by atoms with Gasteiger partial charge in [-0.1, -0.05) is 37.3 Å². The van der Waals surface area contributed by atoms with Crippen LogP contribution in [0.1, 0.15) is 29.3 Å². The van der Waals surface area contributed by atoms with Crippen molar-refractivity contribution in [3.05, 3.63) is 65.7 Å². The first-order chi connectivity index (χ1) is 11.2. The summed E-state index contributed by atoms with van der Waals surface area (Å²) in [5.74, 6) is 0.0666. The number of Topliss-reactive ketones (excluding diaryl/α,β-unsaturated/α-hetero) is 1. The Morgan fingerprint density at radius 1 is 1.13 bits per heavy atom. The van der Waals surface area contributed by atoms with Crippen LogP contribution in [0.25, 0.3) is 0 Å². The predicted molar refractivity (Wildman–Crippen MR) is 93.2 cm³/mol. The van der Waals surface area contributed by atoms with Gasteiger partial charge >= 0.3 is 0 Å². The van der Waals surface area contributed by atoms with Crippen LogP contribution >= 0.6 is 0 Å². The maximum atomic E-state index is 12.8. The smallest absolute Gasteiger partial charge is 0.179 e. The SMILES string of the molecule is CCC(C(=O)c1ccc(N)cc1)N(CCO)Cc1ccccc1. The van der Waals surface area contributed by atoms with Gasteiger partial charge in [0.2, 0.25) is 0 Å². The number of nitrogens with zero attached hydrogens (tertiary/aromatic N) is 1. The van der Waals surface area contributed by atoms with E-state index in [0.29, 0.717) is 30.8 Å². The molecule has 0 heterocycles. The van der Waals surface area contributed by atoms with E-state index in [2.05, 4.69) is 0 Å². The molecule has 0 radical (unpaired) electrons. The third kappa shape index (κ3) is 4.65. The number of anilines is 1. The van der Waals surface area contributed by atoms with Crippen molar-refractivity contribution in [1.29, 1.82) is 0 Å². The quantitative estimate of drug-likeness (QED) is 0.581. The number of aliphatic hydroxyl groups is 1. The zero-order chi connectivity index (χ0) is 16.7. The highest BCUT2D eigenvalue weighted by atomic mass is 16.3. The molecular weight excluding hydrogens is 288 g/mol. The zero-order valence-corrected chi connectivity index (χ0v) is 13.5. The molecular formula is C19H24N2O2. The number of nitrogen functional groups attached to an aromatic ring is 1. The van der Waals surface area contributed by atoms with E-state index in [-0.39, 0.29) is 18.4 Å². The molecule has 2 aromatic rings. The third-order valence-electron chi connectivity index (χ3n) is 3.94. The molecule has 0 saturated carbocycles. The Labute approximate surface area is 137 Å². The fourth-order valence-corrected chi connectivity index (χ4v) is 2.74. The van der Waals surface area contributed by atoms with E-state index in [9.17, 15) is 9.90 Å². The van der Waals surface area contributed by atoms with E-state index in [1.165, 1.54) is 0 Å². The number of ketones is 1. The molecule has 0 amide bonds. The molecule has 1 atom stereocenters. The maximum Gasteiger partial charge on any atom is 0.179 e. The number of benzene rings is 2. The fraction of sp³-hybridized carbons (Fsp3) is 0.316. The molecule has 4 nitrogen and oxygen atoms in total. The molecule has 0 fully saturated rings. The van der Waals surface area contributed by atoms with Gasteiger partial charge in [0.25, 0.3) is 0 Å². The molecule has 0 bridgehead atoms. The summed E-state index contributed by atoms with van der Waals surface area (Å²) >= 11 is 0. The van der Waals surface area contributed by atoms with E-state index < -0.39 is 0 Å². The summed E-state index contributed by atoms with van der Waals surface area (Å²) in [7, 11) is 0. The molecule has 1 unspecified atom stereocenters. The summed E-state index contributed by atoms with van der Waals surface area (Å²) in [4.78, 5) is 14.9. The largest absolute Gasteiger partial charge is 0.399 e. The Bertz CT molecular complexity index is 611. The Morgan fingerprint density at radius 3 is 2.35 bits per heavy atom. The van der Waals surface area contributed by atoms with Crippen LogP contribution in [0.15, 0.2) is 54.6 Å². The second kappa shape index (κ2) is 8.46. The molecule has 23 heavy (non-hydrogen) atoms. The Morgan fingerprint density at radius 2 is 1.78 bits per heavy atom.